The van der Waals surface area contributed by atoms with Crippen LogP contribution in [0.4, 0.5) is 11.4 Å². The van der Waals surface area contributed by atoms with Crippen molar-refractivity contribution in [3.8, 4) is 0 Å². The summed E-state index contributed by atoms with van der Waals surface area (Å²) in [5.41, 5.74) is 7.99. The van der Waals surface area contributed by atoms with E-state index < -0.39 is 0 Å². The number of rotatable bonds is 3. The van der Waals surface area contributed by atoms with E-state index in [9.17, 15) is 0 Å². The Kier molecular flexibility index (Phi) is 4.93. The standard InChI is InChI=1S/C31H33N2/c1-30(2)24-16-12-13-17-25(24)32(5)27(30)18-8-7-9-19-28-31(3,4)29-23-15-11-10-14-22(23)20-21-26(29)33(28)6/h7-21H,1-6H3/q+1. The van der Waals surface area contributed by atoms with E-state index in [-0.39, 0.29) is 10.8 Å². The minimum atomic E-state index is -0.0525. The first-order valence-electron chi connectivity index (χ1n) is 11.8. The van der Waals surface area contributed by atoms with Crippen LogP contribution in [0, 0.1) is 0 Å². The lowest BCUT2D eigenvalue weighted by Gasteiger charge is -2.23. The van der Waals surface area contributed by atoms with Crippen LogP contribution in [0.1, 0.15) is 38.8 Å². The number of anilines is 1. The number of likely N-dealkylation sites (N-methyl/N-ethyl adjacent to an activating group) is 1. The molecule has 3 aromatic carbocycles. The van der Waals surface area contributed by atoms with Gasteiger partial charge in [-0.2, -0.15) is 4.58 Å². The molecule has 2 heteroatoms. The predicted molar refractivity (Wildman–Crippen MR) is 142 cm³/mol. The summed E-state index contributed by atoms with van der Waals surface area (Å²) in [5, 5.41) is 2.65. The molecule has 0 bridgehead atoms. The summed E-state index contributed by atoms with van der Waals surface area (Å²) in [6.07, 6.45) is 11.0. The predicted octanol–water partition coefficient (Wildman–Crippen LogP) is 7.27. The molecule has 0 saturated heterocycles. The first-order chi connectivity index (χ1) is 15.7. The Balaban J connectivity index is 1.42. The van der Waals surface area contributed by atoms with Crippen LogP contribution in [-0.4, -0.2) is 24.4 Å². The molecule has 0 atom stereocenters. The van der Waals surface area contributed by atoms with Gasteiger partial charge in [-0.3, -0.25) is 0 Å². The fourth-order valence-corrected chi connectivity index (χ4v) is 5.85. The molecule has 0 unspecified atom stereocenters. The lowest BCUT2D eigenvalue weighted by Crippen LogP contribution is -2.26. The van der Waals surface area contributed by atoms with Crippen molar-refractivity contribution >= 4 is 27.9 Å². The Hall–Kier alpha value is -3.39. The van der Waals surface area contributed by atoms with Gasteiger partial charge in [0.2, 0.25) is 5.69 Å². The Morgan fingerprint density at radius 2 is 1.52 bits per heavy atom. The van der Waals surface area contributed by atoms with E-state index in [1.54, 1.807) is 0 Å². The Morgan fingerprint density at radius 1 is 0.788 bits per heavy atom. The number of benzene rings is 3. The van der Waals surface area contributed by atoms with Crippen molar-refractivity contribution in [2.24, 2.45) is 0 Å². The number of nitrogens with zero attached hydrogens (tertiary/aromatic N) is 2. The summed E-state index contributed by atoms with van der Waals surface area (Å²) in [6.45, 7) is 9.28. The van der Waals surface area contributed by atoms with Gasteiger partial charge >= 0.3 is 0 Å². The number of hydrogen-bond acceptors (Lipinski definition) is 1. The van der Waals surface area contributed by atoms with Gasteiger partial charge in [0.1, 0.15) is 7.05 Å². The maximum atomic E-state index is 2.34. The molecule has 0 aromatic heterocycles. The maximum Gasteiger partial charge on any atom is 0.210 e. The second kappa shape index (κ2) is 7.59. The first-order valence-corrected chi connectivity index (χ1v) is 11.8. The van der Waals surface area contributed by atoms with E-state index in [4.69, 9.17) is 0 Å². The van der Waals surface area contributed by atoms with Crippen molar-refractivity contribution in [2.75, 3.05) is 19.0 Å². The highest BCUT2D eigenvalue weighted by Crippen LogP contribution is 2.46. The number of para-hydroxylation sites is 1. The molecule has 3 aromatic rings. The zero-order valence-corrected chi connectivity index (χ0v) is 20.6. The van der Waals surface area contributed by atoms with E-state index in [0.717, 1.165) is 0 Å². The second-order valence-electron chi connectivity index (χ2n) is 10.2. The van der Waals surface area contributed by atoms with Crippen molar-refractivity contribution < 1.29 is 4.58 Å². The minimum Gasteiger partial charge on any atom is -0.347 e. The smallest absolute Gasteiger partial charge is 0.210 e. The average molecular weight is 434 g/mol. The van der Waals surface area contributed by atoms with Crippen LogP contribution in [0.3, 0.4) is 0 Å². The highest BCUT2D eigenvalue weighted by atomic mass is 15.2. The zero-order valence-electron chi connectivity index (χ0n) is 20.6. The molecule has 0 N–H and O–H groups in total. The van der Waals surface area contributed by atoms with Gasteiger partial charge in [0.05, 0.1) is 5.41 Å². The van der Waals surface area contributed by atoms with Gasteiger partial charge in [0, 0.05) is 41.6 Å². The fourth-order valence-electron chi connectivity index (χ4n) is 5.85. The fraction of sp³-hybridized carbons (Fsp3) is 0.258. The molecule has 0 radical (unpaired) electrons. The summed E-state index contributed by atoms with van der Waals surface area (Å²) in [6, 6.07) is 21.9. The van der Waals surface area contributed by atoms with Crippen molar-refractivity contribution in [3.63, 3.8) is 0 Å². The lowest BCUT2D eigenvalue weighted by atomic mass is 9.79. The van der Waals surface area contributed by atoms with Gasteiger partial charge in [-0.1, -0.05) is 74.5 Å². The summed E-state index contributed by atoms with van der Waals surface area (Å²) in [7, 11) is 4.34. The van der Waals surface area contributed by atoms with Crippen LogP contribution >= 0.6 is 0 Å². The summed E-state index contributed by atoms with van der Waals surface area (Å²) in [4.78, 5) is 2.31. The first kappa shape index (κ1) is 21.5. The second-order valence-corrected chi connectivity index (χ2v) is 10.2. The number of allylic oxidation sites excluding steroid dienone is 6. The van der Waals surface area contributed by atoms with Gasteiger partial charge in [-0.15, -0.1) is 0 Å². The molecular weight excluding hydrogens is 400 g/mol. The SMILES string of the molecule is CN1C(=CC=CC=CC2=[N+](C)c3ccc4ccccc4c3C2(C)C)C(C)(C)c2ccccc21. The van der Waals surface area contributed by atoms with Crippen LogP contribution < -0.4 is 4.90 Å². The molecule has 0 amide bonds. The molecule has 33 heavy (non-hydrogen) atoms. The van der Waals surface area contributed by atoms with Crippen LogP contribution in [0.5, 0.6) is 0 Å². The molecular formula is C31H33N2+. The monoisotopic (exact) mass is 433 g/mol. The molecule has 0 aliphatic carbocycles. The molecule has 166 valence electrons. The van der Waals surface area contributed by atoms with E-state index in [1.165, 1.54) is 44.7 Å². The van der Waals surface area contributed by atoms with E-state index in [0.29, 0.717) is 0 Å². The van der Waals surface area contributed by atoms with Crippen LogP contribution in [0.15, 0.2) is 96.7 Å². The number of hydrogen-bond donors (Lipinski definition) is 0. The van der Waals surface area contributed by atoms with Gasteiger partial charge in [0.15, 0.2) is 5.71 Å². The van der Waals surface area contributed by atoms with Gasteiger partial charge in [0.25, 0.3) is 0 Å². The maximum absolute atomic E-state index is 2.34. The van der Waals surface area contributed by atoms with Crippen molar-refractivity contribution in [1.29, 1.82) is 0 Å². The van der Waals surface area contributed by atoms with Gasteiger partial charge in [-0.25, -0.2) is 0 Å². The molecule has 5 rings (SSSR count). The topological polar surface area (TPSA) is 6.25 Å². The zero-order chi connectivity index (χ0) is 23.4. The van der Waals surface area contributed by atoms with Gasteiger partial charge < -0.3 is 4.90 Å². The minimum absolute atomic E-state index is 0.00447. The molecule has 0 spiro atoms. The quantitative estimate of drug-likeness (QED) is 0.311. The Morgan fingerprint density at radius 3 is 2.30 bits per heavy atom. The highest BCUT2D eigenvalue weighted by molar-refractivity contribution is 6.07. The van der Waals surface area contributed by atoms with Crippen molar-refractivity contribution in [1.82, 2.24) is 0 Å². The molecule has 2 heterocycles. The Labute approximate surface area is 197 Å². The average Bonchev–Trinajstić information content (AvgIpc) is 3.12. The third-order valence-corrected chi connectivity index (χ3v) is 7.57. The summed E-state index contributed by atoms with van der Waals surface area (Å²) >= 11 is 0. The summed E-state index contributed by atoms with van der Waals surface area (Å²) in [5.74, 6) is 0. The largest absolute Gasteiger partial charge is 0.347 e. The van der Waals surface area contributed by atoms with Crippen LogP contribution in [-0.2, 0) is 10.8 Å². The third kappa shape index (κ3) is 3.20. The van der Waals surface area contributed by atoms with Gasteiger partial charge in [-0.05, 0) is 48.4 Å². The lowest BCUT2D eigenvalue weighted by molar-refractivity contribution is -0.401. The van der Waals surface area contributed by atoms with Crippen LogP contribution in [0.2, 0.25) is 0 Å². The number of fused-ring (bicyclic) bond motifs is 4. The van der Waals surface area contributed by atoms with Crippen molar-refractivity contribution in [2.45, 2.75) is 38.5 Å². The molecule has 0 saturated carbocycles. The molecule has 2 aliphatic rings. The van der Waals surface area contributed by atoms with Crippen molar-refractivity contribution in [3.05, 3.63) is 108 Å². The van der Waals surface area contributed by atoms with E-state index in [2.05, 4.69) is 142 Å². The normalized spacial score (nSPS) is 19.9. The van der Waals surface area contributed by atoms with E-state index in [1.807, 2.05) is 0 Å². The summed E-state index contributed by atoms with van der Waals surface area (Å²) < 4.78 is 2.34. The third-order valence-electron chi connectivity index (χ3n) is 7.57. The molecule has 2 nitrogen and oxygen atoms in total. The van der Waals surface area contributed by atoms with Crippen LogP contribution in [0.25, 0.3) is 10.8 Å². The molecule has 0 fully saturated rings. The highest BCUT2D eigenvalue weighted by Gasteiger charge is 2.44. The van der Waals surface area contributed by atoms with E-state index >= 15 is 0 Å². The molecule has 2 aliphatic heterocycles. The Bertz CT molecular complexity index is 1380.